The number of amides is 2. The summed E-state index contributed by atoms with van der Waals surface area (Å²) in [6.07, 6.45) is 5.32. The zero-order valence-corrected chi connectivity index (χ0v) is 17.0. The molecule has 0 unspecified atom stereocenters. The first-order chi connectivity index (χ1) is 14.6. The molecule has 1 aliphatic heterocycles. The van der Waals surface area contributed by atoms with Gasteiger partial charge in [0.15, 0.2) is 0 Å². The number of nitrogens with one attached hydrogen (secondary N) is 1. The highest BCUT2D eigenvalue weighted by Gasteiger charge is 2.24. The van der Waals surface area contributed by atoms with Crippen LogP contribution in [0.1, 0.15) is 0 Å². The van der Waals surface area contributed by atoms with E-state index in [-0.39, 0.29) is 6.03 Å². The van der Waals surface area contributed by atoms with E-state index >= 15 is 0 Å². The Hall–Kier alpha value is -3.75. The Morgan fingerprint density at radius 2 is 1.73 bits per heavy atom. The van der Waals surface area contributed by atoms with Crippen LogP contribution in [-0.2, 0) is 7.05 Å². The topological polar surface area (TPSA) is 84.8 Å². The van der Waals surface area contributed by atoms with E-state index in [1.165, 1.54) is 0 Å². The van der Waals surface area contributed by atoms with Crippen LogP contribution in [0.25, 0.3) is 0 Å². The molecule has 1 fully saturated rings. The Morgan fingerprint density at radius 1 is 1.00 bits per heavy atom. The number of ether oxygens (including phenoxy) is 2. The van der Waals surface area contributed by atoms with Gasteiger partial charge in [0, 0.05) is 51.8 Å². The van der Waals surface area contributed by atoms with Gasteiger partial charge in [-0.1, -0.05) is 0 Å². The fourth-order valence-corrected chi connectivity index (χ4v) is 3.29. The Labute approximate surface area is 174 Å². The van der Waals surface area contributed by atoms with Crippen LogP contribution in [0.5, 0.6) is 17.4 Å². The fraction of sp³-hybridized carbons (Fsp3) is 0.286. The predicted octanol–water partition coefficient (Wildman–Crippen LogP) is 2.97. The molecule has 1 aromatic carbocycles. The third-order valence-electron chi connectivity index (χ3n) is 4.93. The maximum Gasteiger partial charge on any atom is 0.322 e. The molecular weight excluding hydrogens is 384 g/mol. The lowest BCUT2D eigenvalue weighted by molar-refractivity contribution is 0.207. The number of aromatic nitrogens is 3. The number of imidazole rings is 1. The summed E-state index contributed by atoms with van der Waals surface area (Å²) in [6, 6.07) is 10.5. The van der Waals surface area contributed by atoms with Gasteiger partial charge in [0.25, 0.3) is 0 Å². The van der Waals surface area contributed by atoms with Crippen molar-refractivity contribution in [2.45, 2.75) is 0 Å². The van der Waals surface area contributed by atoms with Gasteiger partial charge in [-0.25, -0.2) is 14.8 Å². The molecule has 4 rings (SSSR count). The van der Waals surface area contributed by atoms with Crippen molar-refractivity contribution in [2.75, 3.05) is 43.5 Å². The van der Waals surface area contributed by atoms with Crippen LogP contribution in [0.15, 0.2) is 55.0 Å². The second kappa shape index (κ2) is 8.73. The van der Waals surface area contributed by atoms with E-state index in [2.05, 4.69) is 20.2 Å². The largest absolute Gasteiger partial charge is 0.497 e. The first-order valence-electron chi connectivity index (χ1n) is 9.69. The van der Waals surface area contributed by atoms with E-state index in [9.17, 15) is 4.79 Å². The lowest BCUT2D eigenvalue weighted by Gasteiger charge is -2.35. The summed E-state index contributed by atoms with van der Waals surface area (Å²) in [5, 5.41) is 2.92. The summed E-state index contributed by atoms with van der Waals surface area (Å²) < 4.78 is 13.0. The fourth-order valence-electron chi connectivity index (χ4n) is 3.29. The summed E-state index contributed by atoms with van der Waals surface area (Å²) >= 11 is 0. The Morgan fingerprint density at radius 3 is 2.40 bits per heavy atom. The molecule has 1 N–H and O–H groups in total. The van der Waals surface area contributed by atoms with Crippen molar-refractivity contribution in [3.05, 3.63) is 55.0 Å². The smallest absolute Gasteiger partial charge is 0.322 e. The van der Waals surface area contributed by atoms with Crippen molar-refractivity contribution in [3.8, 4) is 17.4 Å². The number of nitrogens with zero attached hydrogens (tertiary/aromatic N) is 5. The zero-order chi connectivity index (χ0) is 20.9. The molecule has 1 saturated heterocycles. The number of carbonyl (C=O) groups is 1. The van der Waals surface area contributed by atoms with Crippen molar-refractivity contribution in [3.63, 3.8) is 0 Å². The lowest BCUT2D eigenvalue weighted by atomic mass is 10.3. The molecule has 0 radical (unpaired) electrons. The Bertz CT molecular complexity index is 996. The molecule has 9 heteroatoms. The minimum atomic E-state index is -0.179. The highest BCUT2D eigenvalue weighted by molar-refractivity contribution is 5.90. The van der Waals surface area contributed by atoms with E-state index in [1.807, 2.05) is 17.8 Å². The number of hydrogen-bond acceptors (Lipinski definition) is 6. The van der Waals surface area contributed by atoms with Crippen molar-refractivity contribution in [2.24, 2.45) is 7.05 Å². The third kappa shape index (κ3) is 4.29. The molecule has 9 nitrogen and oxygen atoms in total. The summed E-state index contributed by atoms with van der Waals surface area (Å²) in [6.45, 7) is 2.66. The highest BCUT2D eigenvalue weighted by atomic mass is 16.5. The highest BCUT2D eigenvalue weighted by Crippen LogP contribution is 2.28. The quantitative estimate of drug-likeness (QED) is 0.699. The number of piperazine rings is 1. The maximum atomic E-state index is 12.8. The normalized spacial score (nSPS) is 13.8. The number of urea groups is 1. The number of carbonyl (C=O) groups excluding carboxylic acids is 1. The second-order valence-electron chi connectivity index (χ2n) is 6.88. The van der Waals surface area contributed by atoms with Crippen LogP contribution in [0.4, 0.5) is 16.4 Å². The minimum absolute atomic E-state index is 0.179. The molecule has 0 aliphatic carbocycles. The Kier molecular flexibility index (Phi) is 5.69. The maximum absolute atomic E-state index is 12.8. The summed E-state index contributed by atoms with van der Waals surface area (Å²) in [7, 11) is 3.58. The van der Waals surface area contributed by atoms with E-state index < -0.39 is 0 Å². The van der Waals surface area contributed by atoms with Crippen LogP contribution < -0.4 is 19.7 Å². The molecular formula is C21H24N6O3. The second-order valence-corrected chi connectivity index (χ2v) is 6.88. The molecule has 3 aromatic rings. The predicted molar refractivity (Wildman–Crippen MR) is 113 cm³/mol. The molecule has 30 heavy (non-hydrogen) atoms. The van der Waals surface area contributed by atoms with Gasteiger partial charge in [0.2, 0.25) is 11.8 Å². The summed E-state index contributed by atoms with van der Waals surface area (Å²) in [4.78, 5) is 25.4. The van der Waals surface area contributed by atoms with E-state index in [0.717, 1.165) is 24.8 Å². The lowest BCUT2D eigenvalue weighted by Crippen LogP contribution is -2.50. The summed E-state index contributed by atoms with van der Waals surface area (Å²) in [5.41, 5.74) is 0.518. The van der Waals surface area contributed by atoms with Gasteiger partial charge in [-0.2, -0.15) is 0 Å². The van der Waals surface area contributed by atoms with E-state index in [1.54, 1.807) is 60.8 Å². The van der Waals surface area contributed by atoms with Crippen molar-refractivity contribution in [1.82, 2.24) is 19.4 Å². The number of aryl methyl sites for hydroxylation is 1. The first-order valence-corrected chi connectivity index (χ1v) is 9.69. The Balaban J connectivity index is 1.38. The zero-order valence-electron chi connectivity index (χ0n) is 17.0. The molecule has 2 amide bonds. The molecule has 0 saturated carbocycles. The van der Waals surface area contributed by atoms with Crippen molar-refractivity contribution in [1.29, 1.82) is 0 Å². The van der Waals surface area contributed by atoms with Crippen LogP contribution in [0, 0.1) is 0 Å². The van der Waals surface area contributed by atoms with Gasteiger partial charge in [0.05, 0.1) is 7.11 Å². The molecule has 1 aliphatic rings. The third-order valence-corrected chi connectivity index (χ3v) is 4.93. The van der Waals surface area contributed by atoms with Gasteiger partial charge in [0.1, 0.15) is 17.2 Å². The molecule has 2 aromatic heterocycles. The minimum Gasteiger partial charge on any atom is -0.497 e. The summed E-state index contributed by atoms with van der Waals surface area (Å²) in [5.74, 6) is 2.59. The van der Waals surface area contributed by atoms with Crippen LogP contribution in [0.3, 0.4) is 0 Å². The number of methoxy groups -OCH3 is 1. The van der Waals surface area contributed by atoms with Crippen molar-refractivity contribution < 1.29 is 14.3 Å². The number of pyridine rings is 1. The van der Waals surface area contributed by atoms with Gasteiger partial charge in [-0.05, 0) is 36.4 Å². The molecule has 156 valence electrons. The average molecular weight is 408 g/mol. The number of benzene rings is 1. The van der Waals surface area contributed by atoms with Gasteiger partial charge in [-0.15, -0.1) is 0 Å². The van der Waals surface area contributed by atoms with Gasteiger partial charge >= 0.3 is 6.03 Å². The molecule has 0 spiro atoms. The number of hydrogen-bond donors (Lipinski definition) is 1. The van der Waals surface area contributed by atoms with E-state index in [0.29, 0.717) is 30.4 Å². The number of rotatable bonds is 5. The first kappa shape index (κ1) is 19.6. The van der Waals surface area contributed by atoms with Gasteiger partial charge < -0.3 is 29.2 Å². The van der Waals surface area contributed by atoms with Crippen LogP contribution in [-0.4, -0.2) is 58.8 Å². The number of anilines is 2. The van der Waals surface area contributed by atoms with Gasteiger partial charge in [-0.3, -0.25) is 0 Å². The van der Waals surface area contributed by atoms with Crippen LogP contribution >= 0.6 is 0 Å². The molecule has 0 atom stereocenters. The monoisotopic (exact) mass is 408 g/mol. The van der Waals surface area contributed by atoms with Crippen LogP contribution in [0.2, 0.25) is 0 Å². The molecule has 3 heterocycles. The molecule has 0 bridgehead atoms. The SMILES string of the molecule is COc1ccc(Oc2ncccc2NC(=O)N2CCN(c3nccn3C)CC2)cc1. The standard InChI is InChI=1S/C21H24N6O3/c1-25-11-10-23-20(25)26-12-14-27(15-13-26)21(28)24-18-4-3-9-22-19(18)30-17-7-5-16(29-2)6-8-17/h3-11H,12-15H2,1-2H3,(H,24,28). The van der Waals surface area contributed by atoms with Crippen molar-refractivity contribution >= 4 is 17.7 Å². The van der Waals surface area contributed by atoms with E-state index in [4.69, 9.17) is 9.47 Å². The average Bonchev–Trinajstić information content (AvgIpc) is 3.21.